The summed E-state index contributed by atoms with van der Waals surface area (Å²) in [5.74, 6) is -2.41. The van der Waals surface area contributed by atoms with E-state index in [2.05, 4.69) is 0 Å². The van der Waals surface area contributed by atoms with Crippen LogP contribution < -0.4 is 0 Å². The number of hydrogen-bond acceptors (Lipinski definition) is 8. The summed E-state index contributed by atoms with van der Waals surface area (Å²) in [5.41, 5.74) is 0.313. The van der Waals surface area contributed by atoms with Crippen LogP contribution in [0.3, 0.4) is 0 Å². The maximum Gasteiger partial charge on any atom is 0.269 e. The predicted octanol–water partition coefficient (Wildman–Crippen LogP) is -2.61. The van der Waals surface area contributed by atoms with Gasteiger partial charge in [-0.3, -0.25) is 9.59 Å². The molecular formula is C15H20N2O8S2. The summed E-state index contributed by atoms with van der Waals surface area (Å²) in [7, 11) is -7.67. The van der Waals surface area contributed by atoms with Crippen molar-refractivity contribution in [1.29, 1.82) is 0 Å². The van der Waals surface area contributed by atoms with Gasteiger partial charge in [-0.25, -0.2) is 16.8 Å². The number of nitrogens with zero attached hydrogens (tertiary/aromatic N) is 2. The molecule has 2 saturated heterocycles. The van der Waals surface area contributed by atoms with Crippen molar-refractivity contribution in [3.05, 3.63) is 23.8 Å². The topological polar surface area (TPSA) is 149 Å². The van der Waals surface area contributed by atoms with Crippen LogP contribution in [-0.4, -0.2) is 96.7 Å². The first-order valence-corrected chi connectivity index (χ1v) is 11.7. The van der Waals surface area contributed by atoms with E-state index in [0.29, 0.717) is 21.6 Å². The smallest absolute Gasteiger partial charge is 0.269 e. The molecule has 0 unspecified atom stereocenters. The molecule has 1 aliphatic carbocycles. The van der Waals surface area contributed by atoms with Gasteiger partial charge in [0.15, 0.2) is 19.7 Å². The van der Waals surface area contributed by atoms with Crippen molar-refractivity contribution in [2.45, 2.75) is 28.3 Å². The van der Waals surface area contributed by atoms with E-state index in [-0.39, 0.29) is 0 Å². The summed E-state index contributed by atoms with van der Waals surface area (Å²) in [6.45, 7) is -1.25. The van der Waals surface area contributed by atoms with E-state index in [1.54, 1.807) is 0 Å². The molecule has 2 fully saturated rings. The van der Waals surface area contributed by atoms with Crippen molar-refractivity contribution in [2.75, 3.05) is 26.2 Å². The summed E-state index contributed by atoms with van der Waals surface area (Å²) in [5, 5.41) is 20.2. The number of carbonyl (C=O) groups is 2. The van der Waals surface area contributed by atoms with Gasteiger partial charge >= 0.3 is 0 Å². The summed E-state index contributed by atoms with van der Waals surface area (Å²) in [4.78, 5) is 22.7. The maximum absolute atomic E-state index is 13.4. The van der Waals surface area contributed by atoms with Crippen LogP contribution in [0, 0.1) is 0 Å². The lowest BCUT2D eigenvalue weighted by Gasteiger charge is -2.52. The van der Waals surface area contributed by atoms with Crippen molar-refractivity contribution in [3.63, 3.8) is 0 Å². The molecule has 150 valence electrons. The predicted molar refractivity (Wildman–Crippen MR) is 93.5 cm³/mol. The first-order chi connectivity index (χ1) is 12.3. The van der Waals surface area contributed by atoms with Crippen molar-refractivity contribution >= 4 is 31.5 Å². The van der Waals surface area contributed by atoms with E-state index < -0.39 is 66.4 Å². The molecule has 3 rings (SSSR count). The van der Waals surface area contributed by atoms with E-state index in [1.165, 1.54) is 18.2 Å². The monoisotopic (exact) mass is 420 g/mol. The first kappa shape index (κ1) is 20.0. The van der Waals surface area contributed by atoms with E-state index in [4.69, 9.17) is 0 Å². The molecule has 2 heterocycles. The molecule has 0 aromatic carbocycles. The molecule has 0 aromatic rings. The SMILES string of the molecule is CN1C(=O)[C@]2(S(C)(=O)=O)CC3=CC=C[C@H](O)[C@H]3N2C(=O)[C@@]1(CO)S(C)(=O)=O. The normalized spacial score (nSPS) is 36.6. The Hall–Kier alpha value is -1.76. The Morgan fingerprint density at radius 3 is 2.22 bits per heavy atom. The zero-order valence-corrected chi connectivity index (χ0v) is 16.5. The molecule has 4 atom stereocenters. The van der Waals surface area contributed by atoms with Gasteiger partial charge in [0.2, 0.25) is 9.74 Å². The summed E-state index contributed by atoms with van der Waals surface area (Å²) >= 11 is 0. The zero-order chi connectivity index (χ0) is 20.6. The minimum absolute atomic E-state index is 0.313. The van der Waals surface area contributed by atoms with Gasteiger partial charge in [-0.1, -0.05) is 18.2 Å². The molecule has 10 nitrogen and oxygen atoms in total. The number of allylic oxidation sites excluding steroid dienone is 2. The Kier molecular flexibility index (Phi) is 4.16. The highest BCUT2D eigenvalue weighted by Crippen LogP contribution is 2.50. The third kappa shape index (κ3) is 2.18. The van der Waals surface area contributed by atoms with E-state index in [9.17, 15) is 36.6 Å². The lowest BCUT2D eigenvalue weighted by Crippen LogP contribution is -2.80. The molecule has 0 bridgehead atoms. The second kappa shape index (κ2) is 5.63. The van der Waals surface area contributed by atoms with Crippen LogP contribution in [0.5, 0.6) is 0 Å². The molecule has 0 aromatic heterocycles. The van der Waals surface area contributed by atoms with Gasteiger partial charge in [0.25, 0.3) is 11.8 Å². The van der Waals surface area contributed by atoms with Crippen LogP contribution in [0.4, 0.5) is 0 Å². The second-order valence-corrected chi connectivity index (χ2v) is 11.5. The van der Waals surface area contributed by atoms with E-state index in [0.717, 1.165) is 13.3 Å². The average molecular weight is 420 g/mol. The van der Waals surface area contributed by atoms with Crippen LogP contribution >= 0.6 is 0 Å². The number of hydrogen-bond donors (Lipinski definition) is 2. The van der Waals surface area contributed by atoms with Gasteiger partial charge in [0.05, 0.1) is 18.8 Å². The lowest BCUT2D eigenvalue weighted by molar-refractivity contribution is -0.168. The third-order valence-corrected chi connectivity index (χ3v) is 9.15. The molecule has 2 N–H and O–H groups in total. The number of fused-ring (bicyclic) bond motifs is 3. The number of amides is 2. The summed E-state index contributed by atoms with van der Waals surface area (Å²) in [6, 6.07) is -1.22. The van der Waals surface area contributed by atoms with Gasteiger partial charge in [-0.15, -0.1) is 0 Å². The maximum atomic E-state index is 13.4. The average Bonchev–Trinajstić information content (AvgIpc) is 2.90. The fraction of sp³-hybridized carbons (Fsp3) is 0.600. The van der Waals surface area contributed by atoms with Crippen molar-refractivity contribution in [1.82, 2.24) is 9.80 Å². The molecule has 27 heavy (non-hydrogen) atoms. The van der Waals surface area contributed by atoms with Crippen LogP contribution in [0.25, 0.3) is 0 Å². The standard InChI is InChI=1S/C15H20N2O8S2/c1-16-12(20)14(26(2,22)23)7-9-5-4-6-10(19)11(9)17(14)13(21)15(16,8-18)27(3,24)25/h4-6,10-11,18-19H,7-8H2,1-3H3/t10-,11-,14+,15+/m0/s1. The second-order valence-electron chi connectivity index (χ2n) is 7.05. The van der Waals surface area contributed by atoms with Gasteiger partial charge in [0, 0.05) is 26.0 Å². The largest absolute Gasteiger partial charge is 0.392 e. The Balaban J connectivity index is 2.39. The van der Waals surface area contributed by atoms with Crippen LogP contribution in [0.2, 0.25) is 0 Å². The molecule has 0 spiro atoms. The number of likely N-dealkylation sites (N-methyl/N-ethyl adjacent to an activating group) is 1. The summed E-state index contributed by atoms with van der Waals surface area (Å²) < 4.78 is 50.3. The highest BCUT2D eigenvalue weighted by molar-refractivity contribution is 7.93. The Morgan fingerprint density at radius 2 is 1.74 bits per heavy atom. The van der Waals surface area contributed by atoms with Gasteiger partial charge in [-0.2, -0.15) is 0 Å². The fourth-order valence-corrected chi connectivity index (χ4v) is 6.85. The quantitative estimate of drug-likeness (QED) is 0.504. The van der Waals surface area contributed by atoms with E-state index in [1.807, 2.05) is 0 Å². The number of carbonyl (C=O) groups excluding carboxylic acids is 2. The third-order valence-electron chi connectivity index (χ3n) is 5.61. The molecule has 12 heteroatoms. The summed E-state index contributed by atoms with van der Waals surface area (Å²) in [6.07, 6.45) is 4.02. The van der Waals surface area contributed by atoms with Gasteiger partial charge in [-0.05, 0) is 5.57 Å². The lowest BCUT2D eigenvalue weighted by atomic mass is 9.97. The minimum Gasteiger partial charge on any atom is -0.392 e. The van der Waals surface area contributed by atoms with Gasteiger partial charge < -0.3 is 20.0 Å². The molecule has 2 aliphatic heterocycles. The van der Waals surface area contributed by atoms with Gasteiger partial charge in [0.1, 0.15) is 0 Å². The molecular weight excluding hydrogens is 400 g/mol. The van der Waals surface area contributed by atoms with E-state index >= 15 is 0 Å². The highest BCUT2D eigenvalue weighted by atomic mass is 32.2. The number of piperazine rings is 1. The van der Waals surface area contributed by atoms with Crippen LogP contribution in [0.15, 0.2) is 23.8 Å². The number of sulfone groups is 2. The zero-order valence-electron chi connectivity index (χ0n) is 14.9. The number of aliphatic hydroxyl groups is 2. The van der Waals surface area contributed by atoms with Crippen molar-refractivity contribution in [3.8, 4) is 0 Å². The Morgan fingerprint density at radius 1 is 1.15 bits per heavy atom. The molecule has 0 radical (unpaired) electrons. The van der Waals surface area contributed by atoms with Crippen molar-refractivity contribution < 1.29 is 36.6 Å². The van der Waals surface area contributed by atoms with Crippen LogP contribution in [-0.2, 0) is 29.3 Å². The van der Waals surface area contributed by atoms with Crippen molar-refractivity contribution in [2.24, 2.45) is 0 Å². The van der Waals surface area contributed by atoms with Crippen LogP contribution in [0.1, 0.15) is 6.42 Å². The molecule has 3 aliphatic rings. The Bertz CT molecular complexity index is 999. The molecule has 0 saturated carbocycles. The fourth-order valence-electron chi connectivity index (χ4n) is 4.18. The molecule has 2 amide bonds. The number of rotatable bonds is 3. The highest BCUT2D eigenvalue weighted by Gasteiger charge is 2.74. The minimum atomic E-state index is -4.39. The first-order valence-electron chi connectivity index (χ1n) is 7.95. The Labute approximate surface area is 156 Å². The number of aliphatic hydroxyl groups excluding tert-OH is 2.